The summed E-state index contributed by atoms with van der Waals surface area (Å²) < 4.78 is 13.7. The van der Waals surface area contributed by atoms with Gasteiger partial charge in [0.25, 0.3) is 0 Å². The lowest BCUT2D eigenvalue weighted by molar-refractivity contribution is -0.128. The summed E-state index contributed by atoms with van der Waals surface area (Å²) in [7, 11) is 0. The van der Waals surface area contributed by atoms with Crippen LogP contribution in [0.1, 0.15) is 45.6 Å². The summed E-state index contributed by atoms with van der Waals surface area (Å²) in [6.07, 6.45) is 3.92. The summed E-state index contributed by atoms with van der Waals surface area (Å²) in [6, 6.07) is 6.33. The highest BCUT2D eigenvalue weighted by Gasteiger charge is 2.35. The molecule has 0 aliphatic heterocycles. The standard InChI is InChI=1S/C23H30ClFN2O2/c1-13-10-17(23(29)27-15(3)14(2)24)4-6-19(13)22(28)11-16-8-9-26-21-7-5-18(25)12-20(16)21/h5,7-9,12-15,17,19,22,28H,4,6,10-11H2,1-3H3,(H,27,29)/t13?,14?,15-,17?,19+,22?/m0/s1. The number of amides is 1. The summed E-state index contributed by atoms with van der Waals surface area (Å²) in [5, 5.41) is 14.6. The number of halogens is 2. The van der Waals surface area contributed by atoms with Gasteiger partial charge in [0, 0.05) is 23.5 Å². The monoisotopic (exact) mass is 420 g/mol. The molecule has 1 heterocycles. The van der Waals surface area contributed by atoms with Crippen LogP contribution in [0.5, 0.6) is 0 Å². The number of hydrogen-bond donors (Lipinski definition) is 2. The molecule has 4 unspecified atom stereocenters. The summed E-state index contributed by atoms with van der Waals surface area (Å²) >= 11 is 6.06. The van der Waals surface area contributed by atoms with Crippen molar-refractivity contribution >= 4 is 28.4 Å². The Labute approximate surface area is 176 Å². The van der Waals surface area contributed by atoms with Gasteiger partial charge in [0.1, 0.15) is 5.82 Å². The second kappa shape index (κ2) is 9.40. The molecule has 2 aromatic rings. The van der Waals surface area contributed by atoms with E-state index in [1.165, 1.54) is 12.1 Å². The number of pyridine rings is 1. The lowest BCUT2D eigenvalue weighted by atomic mass is 9.71. The molecule has 158 valence electrons. The van der Waals surface area contributed by atoms with Crippen molar-refractivity contribution in [2.45, 2.75) is 64.0 Å². The summed E-state index contributed by atoms with van der Waals surface area (Å²) in [6.45, 7) is 5.89. The Kier molecular flexibility index (Phi) is 7.12. The molecule has 1 amide bonds. The largest absolute Gasteiger partial charge is 0.392 e. The third-order valence-electron chi connectivity index (χ3n) is 6.38. The number of nitrogens with one attached hydrogen (secondary N) is 1. The Morgan fingerprint density at radius 3 is 2.79 bits per heavy atom. The molecule has 3 rings (SSSR count). The molecular weight excluding hydrogens is 391 g/mol. The molecule has 6 heteroatoms. The molecule has 4 nitrogen and oxygen atoms in total. The van der Waals surface area contributed by atoms with Crippen molar-refractivity contribution in [3.8, 4) is 0 Å². The van der Waals surface area contributed by atoms with Crippen LogP contribution in [0.4, 0.5) is 4.39 Å². The van der Waals surface area contributed by atoms with Crippen LogP contribution in [0, 0.1) is 23.6 Å². The van der Waals surface area contributed by atoms with Gasteiger partial charge in [0.2, 0.25) is 5.91 Å². The molecule has 1 aliphatic carbocycles. The van der Waals surface area contributed by atoms with E-state index in [9.17, 15) is 14.3 Å². The third-order valence-corrected chi connectivity index (χ3v) is 6.76. The van der Waals surface area contributed by atoms with E-state index < -0.39 is 6.10 Å². The lowest BCUT2D eigenvalue weighted by Crippen LogP contribution is -2.44. The average molecular weight is 421 g/mol. The zero-order chi connectivity index (χ0) is 21.1. The van der Waals surface area contributed by atoms with E-state index in [1.54, 1.807) is 12.3 Å². The highest BCUT2D eigenvalue weighted by atomic mass is 35.5. The van der Waals surface area contributed by atoms with Crippen molar-refractivity contribution in [3.63, 3.8) is 0 Å². The number of alkyl halides is 1. The van der Waals surface area contributed by atoms with Crippen molar-refractivity contribution in [2.24, 2.45) is 17.8 Å². The molecule has 0 saturated heterocycles. The first-order chi connectivity index (χ1) is 13.8. The fourth-order valence-corrected chi connectivity index (χ4v) is 4.48. The zero-order valence-electron chi connectivity index (χ0n) is 17.2. The zero-order valence-corrected chi connectivity index (χ0v) is 18.0. The summed E-state index contributed by atoms with van der Waals surface area (Å²) in [4.78, 5) is 16.8. The number of fused-ring (bicyclic) bond motifs is 1. The van der Waals surface area contributed by atoms with Crippen molar-refractivity contribution in [2.75, 3.05) is 0 Å². The molecule has 1 aromatic heterocycles. The van der Waals surface area contributed by atoms with Crippen LogP contribution in [-0.2, 0) is 11.2 Å². The highest BCUT2D eigenvalue weighted by molar-refractivity contribution is 6.20. The normalized spacial score (nSPS) is 25.4. The van der Waals surface area contributed by atoms with Crippen LogP contribution in [0.3, 0.4) is 0 Å². The molecule has 0 bridgehead atoms. The minimum atomic E-state index is -0.537. The van der Waals surface area contributed by atoms with Gasteiger partial charge in [-0.05, 0) is 81.2 Å². The SMILES string of the molecule is CC1CC(C(=O)N[C@@H](C)C(C)Cl)CC[C@H]1C(O)Cc1ccnc2ccc(F)cc12. The fourth-order valence-electron chi connectivity index (χ4n) is 4.42. The second-order valence-corrected chi connectivity index (χ2v) is 9.22. The van der Waals surface area contributed by atoms with Crippen molar-refractivity contribution < 1.29 is 14.3 Å². The van der Waals surface area contributed by atoms with E-state index in [2.05, 4.69) is 17.2 Å². The minimum absolute atomic E-state index is 0.0397. The molecule has 29 heavy (non-hydrogen) atoms. The van der Waals surface area contributed by atoms with Gasteiger partial charge in [-0.3, -0.25) is 9.78 Å². The maximum Gasteiger partial charge on any atom is 0.223 e. The number of rotatable bonds is 6. The predicted molar refractivity (Wildman–Crippen MR) is 114 cm³/mol. The van der Waals surface area contributed by atoms with Crippen LogP contribution in [0.15, 0.2) is 30.5 Å². The van der Waals surface area contributed by atoms with Crippen molar-refractivity contribution in [1.29, 1.82) is 0 Å². The molecular formula is C23H30ClFN2O2. The maximum atomic E-state index is 13.7. The maximum absolute atomic E-state index is 13.7. The van der Waals surface area contributed by atoms with Crippen LogP contribution in [0.25, 0.3) is 10.9 Å². The van der Waals surface area contributed by atoms with Crippen LogP contribution in [-0.4, -0.2) is 33.5 Å². The smallest absolute Gasteiger partial charge is 0.223 e. The predicted octanol–water partition coefficient (Wildman–Crippen LogP) is 4.46. The van der Waals surface area contributed by atoms with Gasteiger partial charge < -0.3 is 10.4 Å². The molecule has 1 aromatic carbocycles. The van der Waals surface area contributed by atoms with Gasteiger partial charge in [-0.15, -0.1) is 11.6 Å². The van der Waals surface area contributed by atoms with Crippen molar-refractivity contribution in [1.82, 2.24) is 10.3 Å². The van der Waals surface area contributed by atoms with E-state index in [1.807, 2.05) is 19.9 Å². The third kappa shape index (κ3) is 5.26. The van der Waals surface area contributed by atoms with E-state index in [0.29, 0.717) is 6.42 Å². The molecule has 6 atom stereocenters. The van der Waals surface area contributed by atoms with E-state index >= 15 is 0 Å². The number of benzene rings is 1. The number of aromatic nitrogens is 1. The number of carbonyl (C=O) groups excluding carboxylic acids is 1. The first-order valence-corrected chi connectivity index (χ1v) is 10.9. The Morgan fingerprint density at radius 1 is 1.34 bits per heavy atom. The fraction of sp³-hybridized carbons (Fsp3) is 0.565. The minimum Gasteiger partial charge on any atom is -0.392 e. The molecule has 2 N–H and O–H groups in total. The average Bonchev–Trinajstić information content (AvgIpc) is 2.68. The number of aliphatic hydroxyl groups excluding tert-OH is 1. The number of carbonyl (C=O) groups is 1. The van der Waals surface area contributed by atoms with Gasteiger partial charge in [0.05, 0.1) is 17.0 Å². The van der Waals surface area contributed by atoms with Gasteiger partial charge in [0.15, 0.2) is 0 Å². The van der Waals surface area contributed by atoms with Crippen LogP contribution in [0.2, 0.25) is 0 Å². The number of aliphatic hydroxyl groups is 1. The lowest BCUT2D eigenvalue weighted by Gasteiger charge is -2.37. The quantitative estimate of drug-likeness (QED) is 0.678. The Morgan fingerprint density at radius 2 is 2.10 bits per heavy atom. The van der Waals surface area contributed by atoms with E-state index in [-0.39, 0.29) is 40.9 Å². The number of nitrogens with zero attached hydrogens (tertiary/aromatic N) is 1. The molecule has 1 saturated carbocycles. The van der Waals surface area contributed by atoms with E-state index in [4.69, 9.17) is 11.6 Å². The Hall–Kier alpha value is -1.72. The van der Waals surface area contributed by atoms with E-state index in [0.717, 1.165) is 35.7 Å². The Bertz CT molecular complexity index is 860. The van der Waals surface area contributed by atoms with Gasteiger partial charge in [-0.1, -0.05) is 6.92 Å². The molecule has 1 aliphatic rings. The van der Waals surface area contributed by atoms with Gasteiger partial charge in [-0.25, -0.2) is 4.39 Å². The highest BCUT2D eigenvalue weighted by Crippen LogP contribution is 2.37. The van der Waals surface area contributed by atoms with Gasteiger partial charge in [-0.2, -0.15) is 0 Å². The first kappa shape index (κ1) is 22.0. The van der Waals surface area contributed by atoms with Crippen molar-refractivity contribution in [3.05, 3.63) is 41.8 Å². The topological polar surface area (TPSA) is 62.2 Å². The van der Waals surface area contributed by atoms with Crippen LogP contribution < -0.4 is 5.32 Å². The Balaban J connectivity index is 1.64. The molecule has 0 radical (unpaired) electrons. The molecule has 1 fully saturated rings. The summed E-state index contributed by atoms with van der Waals surface area (Å²) in [5.41, 5.74) is 1.63. The van der Waals surface area contributed by atoms with Gasteiger partial charge >= 0.3 is 0 Å². The van der Waals surface area contributed by atoms with Crippen LogP contribution >= 0.6 is 11.6 Å². The number of hydrogen-bond acceptors (Lipinski definition) is 3. The first-order valence-electron chi connectivity index (χ1n) is 10.4. The summed E-state index contributed by atoms with van der Waals surface area (Å²) in [5.74, 6) is 0.0486. The molecule has 0 spiro atoms. The second-order valence-electron chi connectivity index (χ2n) is 8.53.